The van der Waals surface area contributed by atoms with Gasteiger partial charge < -0.3 is 9.64 Å². The van der Waals surface area contributed by atoms with Gasteiger partial charge in [0.2, 0.25) is 0 Å². The molecular weight excluding hydrogens is 360 g/mol. The van der Waals surface area contributed by atoms with E-state index in [-0.39, 0.29) is 22.7 Å². The number of ether oxygens (including phenoxy) is 1. The van der Waals surface area contributed by atoms with Crippen LogP contribution in [0.5, 0.6) is 0 Å². The number of carbonyl (C=O) groups excluding carboxylic acids is 2. The normalized spacial score (nSPS) is 13.5. The van der Waals surface area contributed by atoms with Crippen LogP contribution >= 0.6 is 0 Å². The van der Waals surface area contributed by atoms with Gasteiger partial charge in [-0.15, -0.1) is 0 Å². The van der Waals surface area contributed by atoms with Crippen molar-refractivity contribution in [2.24, 2.45) is 5.92 Å². The van der Waals surface area contributed by atoms with Gasteiger partial charge in [-0.05, 0) is 30.4 Å². The summed E-state index contributed by atoms with van der Waals surface area (Å²) in [5.74, 6) is -0.609. The molecule has 7 nitrogen and oxygen atoms in total. The van der Waals surface area contributed by atoms with E-state index < -0.39 is 10.9 Å². The van der Waals surface area contributed by atoms with Crippen LogP contribution in [0.1, 0.15) is 45.5 Å². The molecule has 146 valence electrons. The van der Waals surface area contributed by atoms with Crippen LogP contribution in [-0.2, 0) is 11.3 Å². The second-order valence-electron chi connectivity index (χ2n) is 6.99. The SMILES string of the molecule is COC(=O)c1cc(C(=O)N(Cc2ccccc2)CC2CCC2)cc([N+](=O)[O-])c1. The van der Waals surface area contributed by atoms with Crippen LogP contribution in [0.3, 0.4) is 0 Å². The van der Waals surface area contributed by atoms with Crippen LogP contribution < -0.4 is 0 Å². The number of non-ortho nitro benzene ring substituents is 1. The molecule has 0 unspecified atom stereocenters. The van der Waals surface area contributed by atoms with Crippen LogP contribution in [0.4, 0.5) is 5.69 Å². The molecule has 0 aromatic heterocycles. The zero-order valence-electron chi connectivity index (χ0n) is 15.7. The summed E-state index contributed by atoms with van der Waals surface area (Å²) in [6.07, 6.45) is 3.29. The lowest BCUT2D eigenvalue weighted by molar-refractivity contribution is -0.384. The third-order valence-electron chi connectivity index (χ3n) is 5.00. The maximum absolute atomic E-state index is 13.2. The molecule has 1 amide bonds. The Balaban J connectivity index is 1.93. The number of hydrogen-bond donors (Lipinski definition) is 0. The summed E-state index contributed by atoms with van der Waals surface area (Å²) in [6.45, 7) is 0.996. The average molecular weight is 382 g/mol. The zero-order chi connectivity index (χ0) is 20.1. The van der Waals surface area contributed by atoms with Crippen LogP contribution in [0, 0.1) is 16.0 Å². The Morgan fingerprint density at radius 1 is 1.14 bits per heavy atom. The fourth-order valence-electron chi connectivity index (χ4n) is 3.27. The van der Waals surface area contributed by atoms with Gasteiger partial charge in [-0.3, -0.25) is 14.9 Å². The first-order chi connectivity index (χ1) is 13.5. The minimum Gasteiger partial charge on any atom is -0.465 e. The standard InChI is InChI=1S/C21H22N2O5/c1-28-21(25)18-10-17(11-19(12-18)23(26)27)20(24)22(14-16-8-5-9-16)13-15-6-3-2-4-7-15/h2-4,6-7,10-12,16H,5,8-9,13-14H2,1H3. The van der Waals surface area contributed by atoms with Crippen LogP contribution in [-0.4, -0.2) is 35.4 Å². The Labute approximate surface area is 163 Å². The van der Waals surface area contributed by atoms with Crippen molar-refractivity contribution < 1.29 is 19.2 Å². The lowest BCUT2D eigenvalue weighted by atomic mass is 9.85. The minimum absolute atomic E-state index is 0.0108. The van der Waals surface area contributed by atoms with Crippen LogP contribution in [0.2, 0.25) is 0 Å². The van der Waals surface area contributed by atoms with Gasteiger partial charge in [0.25, 0.3) is 11.6 Å². The van der Waals surface area contributed by atoms with E-state index in [0.29, 0.717) is 19.0 Å². The van der Waals surface area contributed by atoms with Crippen molar-refractivity contribution in [1.29, 1.82) is 0 Å². The summed E-state index contributed by atoms with van der Waals surface area (Å²) in [7, 11) is 1.20. The van der Waals surface area contributed by atoms with E-state index in [1.807, 2.05) is 30.3 Å². The Kier molecular flexibility index (Phi) is 6.03. The van der Waals surface area contributed by atoms with Gasteiger partial charge in [0.1, 0.15) is 0 Å². The summed E-state index contributed by atoms with van der Waals surface area (Å²) in [4.78, 5) is 37.5. The van der Waals surface area contributed by atoms with Gasteiger partial charge in [0.05, 0.1) is 17.6 Å². The first-order valence-corrected chi connectivity index (χ1v) is 9.19. The molecule has 0 atom stereocenters. The monoisotopic (exact) mass is 382 g/mol. The quantitative estimate of drug-likeness (QED) is 0.412. The number of esters is 1. The molecule has 2 aromatic rings. The number of nitrogens with zero attached hydrogens (tertiary/aromatic N) is 2. The van der Waals surface area contributed by atoms with E-state index in [2.05, 4.69) is 4.74 Å². The predicted octanol–water partition coefficient (Wildman–Crippen LogP) is 3.82. The fourth-order valence-corrected chi connectivity index (χ4v) is 3.27. The number of carbonyl (C=O) groups is 2. The van der Waals surface area contributed by atoms with E-state index in [9.17, 15) is 19.7 Å². The molecule has 1 aliphatic rings. The number of methoxy groups -OCH3 is 1. The number of nitro benzene ring substituents is 1. The van der Waals surface area contributed by atoms with E-state index in [1.54, 1.807) is 4.90 Å². The van der Waals surface area contributed by atoms with E-state index in [0.717, 1.165) is 30.9 Å². The maximum Gasteiger partial charge on any atom is 0.338 e. The molecular formula is C21H22N2O5. The number of hydrogen-bond acceptors (Lipinski definition) is 5. The number of nitro groups is 1. The highest BCUT2D eigenvalue weighted by molar-refractivity contribution is 5.99. The van der Waals surface area contributed by atoms with E-state index in [4.69, 9.17) is 0 Å². The maximum atomic E-state index is 13.2. The third-order valence-corrected chi connectivity index (χ3v) is 5.00. The Morgan fingerprint density at radius 3 is 2.39 bits per heavy atom. The highest BCUT2D eigenvalue weighted by Gasteiger charge is 2.26. The Morgan fingerprint density at radius 2 is 1.82 bits per heavy atom. The molecule has 7 heteroatoms. The molecule has 0 N–H and O–H groups in total. The van der Waals surface area contributed by atoms with Gasteiger partial charge in [-0.2, -0.15) is 0 Å². The highest BCUT2D eigenvalue weighted by atomic mass is 16.6. The summed E-state index contributed by atoms with van der Waals surface area (Å²) in [5, 5.41) is 11.3. The molecule has 28 heavy (non-hydrogen) atoms. The zero-order valence-corrected chi connectivity index (χ0v) is 15.7. The van der Waals surface area contributed by atoms with Crippen molar-refractivity contribution in [1.82, 2.24) is 4.90 Å². The van der Waals surface area contributed by atoms with Crippen molar-refractivity contribution in [3.8, 4) is 0 Å². The molecule has 2 aromatic carbocycles. The molecule has 0 heterocycles. The van der Waals surface area contributed by atoms with Crippen molar-refractivity contribution in [2.75, 3.05) is 13.7 Å². The average Bonchev–Trinajstić information content (AvgIpc) is 2.68. The first kappa shape index (κ1) is 19.5. The van der Waals surface area contributed by atoms with Crippen molar-refractivity contribution in [3.05, 3.63) is 75.3 Å². The Bertz CT molecular complexity index is 878. The van der Waals surface area contributed by atoms with Gasteiger partial charge >= 0.3 is 5.97 Å². The highest BCUT2D eigenvalue weighted by Crippen LogP contribution is 2.29. The van der Waals surface area contributed by atoms with Crippen molar-refractivity contribution in [2.45, 2.75) is 25.8 Å². The number of rotatable bonds is 7. The lowest BCUT2D eigenvalue weighted by Gasteiger charge is -2.32. The molecule has 0 aliphatic heterocycles. The number of benzene rings is 2. The molecule has 1 saturated carbocycles. The van der Waals surface area contributed by atoms with Crippen molar-refractivity contribution in [3.63, 3.8) is 0 Å². The lowest BCUT2D eigenvalue weighted by Crippen LogP contribution is -2.37. The van der Waals surface area contributed by atoms with Crippen LogP contribution in [0.25, 0.3) is 0 Å². The molecule has 1 fully saturated rings. The largest absolute Gasteiger partial charge is 0.465 e. The summed E-state index contributed by atoms with van der Waals surface area (Å²) in [5.41, 5.74) is 0.775. The number of amides is 1. The smallest absolute Gasteiger partial charge is 0.338 e. The third kappa shape index (κ3) is 4.54. The molecule has 0 radical (unpaired) electrons. The molecule has 3 rings (SSSR count). The van der Waals surface area contributed by atoms with Gasteiger partial charge in [-0.25, -0.2) is 4.79 Å². The molecule has 1 aliphatic carbocycles. The topological polar surface area (TPSA) is 89.8 Å². The van der Waals surface area contributed by atoms with Crippen LogP contribution in [0.15, 0.2) is 48.5 Å². The Hall–Kier alpha value is -3.22. The van der Waals surface area contributed by atoms with Gasteiger partial charge in [0, 0.05) is 30.8 Å². The fraction of sp³-hybridized carbons (Fsp3) is 0.333. The van der Waals surface area contributed by atoms with Gasteiger partial charge in [-0.1, -0.05) is 36.8 Å². The van der Waals surface area contributed by atoms with Crippen molar-refractivity contribution >= 4 is 17.6 Å². The minimum atomic E-state index is -0.716. The molecule has 0 saturated heterocycles. The van der Waals surface area contributed by atoms with Gasteiger partial charge in [0.15, 0.2) is 0 Å². The first-order valence-electron chi connectivity index (χ1n) is 9.19. The van der Waals surface area contributed by atoms with E-state index in [1.165, 1.54) is 19.2 Å². The predicted molar refractivity (Wildman–Crippen MR) is 103 cm³/mol. The molecule has 0 bridgehead atoms. The van der Waals surface area contributed by atoms with E-state index >= 15 is 0 Å². The second kappa shape index (κ2) is 8.65. The summed E-state index contributed by atoms with van der Waals surface area (Å²) < 4.78 is 4.67. The summed E-state index contributed by atoms with van der Waals surface area (Å²) in [6, 6.07) is 13.3. The second-order valence-corrected chi connectivity index (χ2v) is 6.99. The molecule has 0 spiro atoms. The summed E-state index contributed by atoms with van der Waals surface area (Å²) >= 11 is 0.